The average Bonchev–Trinajstić information content (AvgIpc) is 2.59. The number of hydrogen-bond acceptors (Lipinski definition) is 3. The molecule has 2 nitrogen and oxygen atoms in total. The molecule has 0 aliphatic heterocycles. The van der Waals surface area contributed by atoms with E-state index in [1.807, 2.05) is 12.1 Å². The molecule has 1 heterocycles. The minimum Gasteiger partial charge on any atom is -0.506 e. The third kappa shape index (κ3) is 1.74. The fraction of sp³-hybridized carbons (Fsp3) is 0.273. The fourth-order valence-corrected chi connectivity index (χ4v) is 2.48. The molecular formula is C11H13NOS. The van der Waals surface area contributed by atoms with Crippen molar-refractivity contribution in [3.8, 4) is 5.75 Å². The summed E-state index contributed by atoms with van der Waals surface area (Å²) in [7, 11) is 0. The second kappa shape index (κ2) is 3.98. The first-order valence-corrected chi connectivity index (χ1v) is 5.54. The zero-order valence-electron chi connectivity index (χ0n) is 8.08. The van der Waals surface area contributed by atoms with Crippen LogP contribution in [-0.2, 0) is 6.54 Å². The Kier molecular flexibility index (Phi) is 2.70. The van der Waals surface area contributed by atoms with E-state index < -0.39 is 0 Å². The van der Waals surface area contributed by atoms with Crippen molar-refractivity contribution in [3.63, 3.8) is 0 Å². The van der Waals surface area contributed by atoms with Gasteiger partial charge in [-0.05, 0) is 24.1 Å². The van der Waals surface area contributed by atoms with E-state index in [9.17, 15) is 5.11 Å². The van der Waals surface area contributed by atoms with Crippen LogP contribution in [0.4, 0.5) is 0 Å². The lowest BCUT2D eigenvalue weighted by molar-refractivity contribution is 0.482. The molecule has 0 radical (unpaired) electrons. The minimum atomic E-state index is 0.384. The number of thiophene rings is 1. The first-order chi connectivity index (χ1) is 6.81. The maximum absolute atomic E-state index is 9.60. The van der Waals surface area contributed by atoms with Gasteiger partial charge in [-0.2, -0.15) is 0 Å². The topological polar surface area (TPSA) is 32.3 Å². The van der Waals surface area contributed by atoms with Crippen molar-refractivity contribution < 1.29 is 5.11 Å². The molecule has 0 fully saturated rings. The Morgan fingerprint density at radius 2 is 2.29 bits per heavy atom. The maximum Gasteiger partial charge on any atom is 0.133 e. The van der Waals surface area contributed by atoms with Crippen LogP contribution in [0.5, 0.6) is 5.75 Å². The van der Waals surface area contributed by atoms with Crippen molar-refractivity contribution in [3.05, 3.63) is 29.1 Å². The lowest BCUT2D eigenvalue weighted by Crippen LogP contribution is -2.10. The van der Waals surface area contributed by atoms with Gasteiger partial charge in [-0.15, -0.1) is 11.3 Å². The summed E-state index contributed by atoms with van der Waals surface area (Å²) in [5.74, 6) is 0.384. The van der Waals surface area contributed by atoms with E-state index in [4.69, 9.17) is 0 Å². The third-order valence-electron chi connectivity index (χ3n) is 2.12. The Hall–Kier alpha value is -1.06. The Labute approximate surface area is 87.2 Å². The second-order valence-corrected chi connectivity index (χ2v) is 4.33. The van der Waals surface area contributed by atoms with Crippen LogP contribution in [0.15, 0.2) is 24.3 Å². The van der Waals surface area contributed by atoms with Gasteiger partial charge in [0.25, 0.3) is 0 Å². The lowest BCUT2D eigenvalue weighted by atomic mass is 10.2. The molecule has 0 atom stereocenters. The van der Waals surface area contributed by atoms with Crippen molar-refractivity contribution >= 4 is 21.4 Å². The predicted molar refractivity (Wildman–Crippen MR) is 60.9 cm³/mol. The van der Waals surface area contributed by atoms with Crippen molar-refractivity contribution in [2.45, 2.75) is 13.5 Å². The van der Waals surface area contributed by atoms with Crippen molar-refractivity contribution in [2.75, 3.05) is 6.54 Å². The molecule has 0 bridgehead atoms. The molecule has 74 valence electrons. The molecule has 2 aromatic rings. The van der Waals surface area contributed by atoms with Gasteiger partial charge in [-0.1, -0.05) is 19.1 Å². The van der Waals surface area contributed by atoms with E-state index in [0.29, 0.717) is 5.75 Å². The van der Waals surface area contributed by atoms with Crippen LogP contribution in [0.2, 0.25) is 0 Å². The first kappa shape index (κ1) is 9.49. The van der Waals surface area contributed by atoms with E-state index in [0.717, 1.165) is 23.2 Å². The van der Waals surface area contributed by atoms with E-state index in [1.54, 1.807) is 17.4 Å². The highest BCUT2D eigenvalue weighted by atomic mass is 32.1. The van der Waals surface area contributed by atoms with Gasteiger partial charge in [0, 0.05) is 11.4 Å². The van der Waals surface area contributed by atoms with E-state index in [1.165, 1.54) is 4.88 Å². The van der Waals surface area contributed by atoms with Crippen molar-refractivity contribution in [1.82, 2.24) is 5.32 Å². The molecule has 0 unspecified atom stereocenters. The summed E-state index contributed by atoms with van der Waals surface area (Å²) in [6.45, 7) is 3.94. The van der Waals surface area contributed by atoms with Gasteiger partial charge in [0.2, 0.25) is 0 Å². The Morgan fingerprint density at radius 3 is 3.00 bits per heavy atom. The second-order valence-electron chi connectivity index (χ2n) is 3.19. The molecule has 14 heavy (non-hydrogen) atoms. The summed E-state index contributed by atoms with van der Waals surface area (Å²) in [4.78, 5) is 1.27. The number of nitrogens with one attached hydrogen (secondary N) is 1. The summed E-state index contributed by atoms with van der Waals surface area (Å²) in [5, 5.41) is 14.0. The van der Waals surface area contributed by atoms with Crippen LogP contribution in [0.3, 0.4) is 0 Å². The Balaban J connectivity index is 2.36. The highest BCUT2D eigenvalue weighted by Crippen LogP contribution is 2.32. The van der Waals surface area contributed by atoms with Crippen LogP contribution in [0.1, 0.15) is 11.8 Å². The minimum absolute atomic E-state index is 0.384. The molecule has 2 N–H and O–H groups in total. The van der Waals surface area contributed by atoms with E-state index in [-0.39, 0.29) is 0 Å². The highest BCUT2D eigenvalue weighted by molar-refractivity contribution is 7.19. The molecule has 0 saturated heterocycles. The quantitative estimate of drug-likeness (QED) is 0.811. The zero-order chi connectivity index (χ0) is 9.97. The number of rotatable bonds is 3. The number of aromatic hydroxyl groups is 1. The van der Waals surface area contributed by atoms with E-state index >= 15 is 0 Å². The number of hydrogen-bond donors (Lipinski definition) is 2. The van der Waals surface area contributed by atoms with Crippen LogP contribution >= 0.6 is 11.3 Å². The summed E-state index contributed by atoms with van der Waals surface area (Å²) >= 11 is 1.65. The lowest BCUT2D eigenvalue weighted by Gasteiger charge is -1.95. The Bertz CT molecular complexity index is 436. The van der Waals surface area contributed by atoms with Crippen LogP contribution in [0.25, 0.3) is 10.1 Å². The summed E-state index contributed by atoms with van der Waals surface area (Å²) < 4.78 is 0.986. The predicted octanol–water partition coefficient (Wildman–Crippen LogP) is 2.72. The largest absolute Gasteiger partial charge is 0.506 e. The molecule has 0 aliphatic carbocycles. The molecule has 0 spiro atoms. The van der Waals surface area contributed by atoms with Gasteiger partial charge >= 0.3 is 0 Å². The van der Waals surface area contributed by atoms with Gasteiger partial charge in [0.1, 0.15) is 5.75 Å². The standard InChI is InChI=1S/C11H13NOS/c1-2-12-7-9-6-8-4-3-5-10(13)11(8)14-9/h3-6,12-13H,2,7H2,1H3. The van der Waals surface area contributed by atoms with Gasteiger partial charge < -0.3 is 10.4 Å². The SMILES string of the molecule is CCNCc1cc2cccc(O)c2s1. The number of fused-ring (bicyclic) bond motifs is 1. The molecule has 0 aliphatic rings. The summed E-state index contributed by atoms with van der Waals surface area (Å²) in [6.07, 6.45) is 0. The summed E-state index contributed by atoms with van der Waals surface area (Å²) in [6, 6.07) is 7.76. The summed E-state index contributed by atoms with van der Waals surface area (Å²) in [5.41, 5.74) is 0. The fourth-order valence-electron chi connectivity index (χ4n) is 1.44. The van der Waals surface area contributed by atoms with Gasteiger partial charge in [-0.3, -0.25) is 0 Å². The monoisotopic (exact) mass is 207 g/mol. The average molecular weight is 207 g/mol. The molecule has 3 heteroatoms. The van der Waals surface area contributed by atoms with Gasteiger partial charge in [0.15, 0.2) is 0 Å². The van der Waals surface area contributed by atoms with Crippen LogP contribution in [-0.4, -0.2) is 11.7 Å². The van der Waals surface area contributed by atoms with E-state index in [2.05, 4.69) is 18.3 Å². The van der Waals surface area contributed by atoms with Crippen LogP contribution < -0.4 is 5.32 Å². The molecule has 1 aromatic carbocycles. The zero-order valence-corrected chi connectivity index (χ0v) is 8.90. The highest BCUT2D eigenvalue weighted by Gasteiger charge is 2.04. The van der Waals surface area contributed by atoms with Crippen LogP contribution in [0, 0.1) is 0 Å². The van der Waals surface area contributed by atoms with Gasteiger partial charge in [0.05, 0.1) is 4.70 Å². The maximum atomic E-state index is 9.60. The molecule has 1 aromatic heterocycles. The van der Waals surface area contributed by atoms with Crippen molar-refractivity contribution in [1.29, 1.82) is 0 Å². The molecule has 0 saturated carbocycles. The molecular weight excluding hydrogens is 194 g/mol. The van der Waals surface area contributed by atoms with Crippen molar-refractivity contribution in [2.24, 2.45) is 0 Å². The first-order valence-electron chi connectivity index (χ1n) is 4.72. The number of phenols is 1. The number of benzene rings is 1. The third-order valence-corrected chi connectivity index (χ3v) is 3.30. The normalized spacial score (nSPS) is 10.9. The number of phenolic OH excluding ortho intramolecular Hbond substituents is 1. The Morgan fingerprint density at radius 1 is 1.43 bits per heavy atom. The molecule has 0 amide bonds. The molecule has 2 rings (SSSR count). The smallest absolute Gasteiger partial charge is 0.133 e. The van der Waals surface area contributed by atoms with Gasteiger partial charge in [-0.25, -0.2) is 0 Å².